The van der Waals surface area contributed by atoms with Crippen LogP contribution in [-0.2, 0) is 16.1 Å². The number of amides is 1. The van der Waals surface area contributed by atoms with Crippen LogP contribution < -0.4 is 4.90 Å². The van der Waals surface area contributed by atoms with Gasteiger partial charge in [-0.15, -0.1) is 0 Å². The molecule has 1 amide bonds. The molecule has 38 heavy (non-hydrogen) atoms. The van der Waals surface area contributed by atoms with Gasteiger partial charge in [-0.3, -0.25) is 9.69 Å². The maximum absolute atomic E-state index is 13.6. The molecule has 1 aliphatic rings. The van der Waals surface area contributed by atoms with E-state index < -0.39 is 5.97 Å². The number of ether oxygens (including phenoxy) is 1. The Hall–Kier alpha value is -3.99. The number of carbonyl (C=O) groups excluding carboxylic acids is 2. The Kier molecular flexibility index (Phi) is 7.02. The molecule has 0 saturated heterocycles. The van der Waals surface area contributed by atoms with E-state index >= 15 is 0 Å². The Morgan fingerprint density at radius 2 is 1.58 bits per heavy atom. The first kappa shape index (κ1) is 25.7. The molecule has 1 heterocycles. The number of hydrogen-bond donors (Lipinski definition) is 0. The molecule has 1 fully saturated rings. The van der Waals surface area contributed by atoms with Gasteiger partial charge in [-0.1, -0.05) is 69.3 Å². The molecule has 194 valence electrons. The summed E-state index contributed by atoms with van der Waals surface area (Å²) in [4.78, 5) is 32.1. The van der Waals surface area contributed by atoms with Crippen molar-refractivity contribution in [3.8, 4) is 11.1 Å². The highest BCUT2D eigenvalue weighted by Gasteiger charge is 2.25. The molecule has 5 heteroatoms. The summed E-state index contributed by atoms with van der Waals surface area (Å²) >= 11 is 0. The van der Waals surface area contributed by atoms with Gasteiger partial charge < -0.3 is 4.74 Å². The van der Waals surface area contributed by atoms with Crippen LogP contribution in [0.15, 0.2) is 79.0 Å². The summed E-state index contributed by atoms with van der Waals surface area (Å²) in [5.74, 6) is 0.952. The van der Waals surface area contributed by atoms with E-state index in [-0.39, 0.29) is 11.3 Å². The second kappa shape index (κ2) is 10.4. The molecule has 5 nitrogen and oxygen atoms in total. The number of esters is 1. The van der Waals surface area contributed by atoms with Gasteiger partial charge >= 0.3 is 5.97 Å². The number of aromatic nitrogens is 1. The highest BCUT2D eigenvalue weighted by Crippen LogP contribution is 2.40. The van der Waals surface area contributed by atoms with Gasteiger partial charge in [-0.05, 0) is 76.1 Å². The van der Waals surface area contributed by atoms with Gasteiger partial charge in [0.2, 0.25) is 5.91 Å². The summed E-state index contributed by atoms with van der Waals surface area (Å²) in [5.41, 5.74) is 5.09. The van der Waals surface area contributed by atoms with Crippen molar-refractivity contribution in [1.82, 2.24) is 4.98 Å². The SMILES string of the molecule is COC(=O)c1ccc2c(N(Cc3ccc(-c4ccc(C5CC5)cc4)cc3)C(=O)CC(C)(C)C)nccc2c1. The van der Waals surface area contributed by atoms with Crippen LogP contribution >= 0.6 is 0 Å². The Bertz CT molecular complexity index is 1460. The van der Waals surface area contributed by atoms with Crippen LogP contribution in [0.1, 0.15) is 67.4 Å². The number of pyridine rings is 1. The van der Waals surface area contributed by atoms with Crippen LogP contribution in [0.25, 0.3) is 21.9 Å². The average Bonchev–Trinajstić information content (AvgIpc) is 3.76. The van der Waals surface area contributed by atoms with Crippen LogP contribution in [0, 0.1) is 5.41 Å². The van der Waals surface area contributed by atoms with E-state index in [0.29, 0.717) is 24.3 Å². The molecule has 0 unspecified atom stereocenters. The van der Waals surface area contributed by atoms with E-state index in [2.05, 4.69) is 74.3 Å². The zero-order chi connectivity index (χ0) is 26.9. The number of benzene rings is 3. The fraction of sp³-hybridized carbons (Fsp3) is 0.303. The first-order valence-electron chi connectivity index (χ1n) is 13.2. The highest BCUT2D eigenvalue weighted by atomic mass is 16.5. The van der Waals surface area contributed by atoms with Crippen LogP contribution in [0.2, 0.25) is 0 Å². The third-order valence-electron chi connectivity index (χ3n) is 6.99. The number of hydrogen-bond acceptors (Lipinski definition) is 4. The minimum absolute atomic E-state index is 0.00860. The highest BCUT2D eigenvalue weighted by molar-refractivity contribution is 6.04. The molecule has 4 aromatic rings. The fourth-order valence-corrected chi connectivity index (χ4v) is 4.80. The summed E-state index contributed by atoms with van der Waals surface area (Å²) in [5, 5.41) is 1.64. The van der Waals surface area contributed by atoms with Gasteiger partial charge in [0.1, 0.15) is 5.82 Å². The Morgan fingerprint density at radius 1 is 0.921 bits per heavy atom. The molecule has 0 spiro atoms. The van der Waals surface area contributed by atoms with E-state index in [0.717, 1.165) is 27.8 Å². The topological polar surface area (TPSA) is 59.5 Å². The summed E-state index contributed by atoms with van der Waals surface area (Å²) < 4.78 is 4.88. The van der Waals surface area contributed by atoms with Gasteiger partial charge in [0.05, 0.1) is 19.2 Å². The number of carbonyl (C=O) groups is 2. The van der Waals surface area contributed by atoms with Crippen LogP contribution in [-0.4, -0.2) is 24.0 Å². The number of rotatable bonds is 7. The number of methoxy groups -OCH3 is 1. The van der Waals surface area contributed by atoms with E-state index in [4.69, 9.17) is 4.74 Å². The van der Waals surface area contributed by atoms with Gasteiger partial charge in [0.15, 0.2) is 0 Å². The summed E-state index contributed by atoms with van der Waals surface area (Å²) in [6.07, 6.45) is 4.67. The quantitative estimate of drug-likeness (QED) is 0.243. The molecule has 0 atom stereocenters. The van der Waals surface area contributed by atoms with Gasteiger partial charge in [-0.2, -0.15) is 0 Å². The third-order valence-corrected chi connectivity index (χ3v) is 6.99. The van der Waals surface area contributed by atoms with Crippen LogP contribution in [0.4, 0.5) is 5.82 Å². The second-order valence-corrected chi connectivity index (χ2v) is 11.4. The first-order chi connectivity index (χ1) is 18.2. The molecular formula is C33H34N2O3. The van der Waals surface area contributed by atoms with Crippen LogP contribution in [0.3, 0.4) is 0 Å². The van der Waals surface area contributed by atoms with Crippen molar-refractivity contribution >= 4 is 28.5 Å². The number of anilines is 1. The van der Waals surface area contributed by atoms with E-state index in [9.17, 15) is 9.59 Å². The molecular weight excluding hydrogens is 472 g/mol. The molecule has 0 aliphatic heterocycles. The zero-order valence-corrected chi connectivity index (χ0v) is 22.5. The zero-order valence-electron chi connectivity index (χ0n) is 22.5. The summed E-state index contributed by atoms with van der Waals surface area (Å²) in [6, 6.07) is 24.5. The lowest BCUT2D eigenvalue weighted by atomic mass is 9.91. The Labute approximate surface area is 224 Å². The molecule has 5 rings (SSSR count). The molecule has 0 N–H and O–H groups in total. The lowest BCUT2D eigenvalue weighted by Gasteiger charge is -2.27. The van der Waals surface area contributed by atoms with Crippen LogP contribution in [0.5, 0.6) is 0 Å². The Balaban J connectivity index is 1.45. The second-order valence-electron chi connectivity index (χ2n) is 11.4. The Morgan fingerprint density at radius 3 is 2.18 bits per heavy atom. The lowest BCUT2D eigenvalue weighted by molar-refractivity contribution is -0.120. The summed E-state index contributed by atoms with van der Waals surface area (Å²) in [6.45, 7) is 6.59. The van der Waals surface area contributed by atoms with Crippen molar-refractivity contribution in [3.05, 3.63) is 95.7 Å². The maximum atomic E-state index is 13.6. The van der Waals surface area contributed by atoms with Crippen molar-refractivity contribution in [2.75, 3.05) is 12.0 Å². The number of nitrogens with zero attached hydrogens (tertiary/aromatic N) is 2. The van der Waals surface area contributed by atoms with Crippen molar-refractivity contribution in [3.63, 3.8) is 0 Å². The van der Waals surface area contributed by atoms with Gasteiger partial charge in [0.25, 0.3) is 0 Å². The minimum atomic E-state index is -0.395. The van der Waals surface area contributed by atoms with E-state index in [1.54, 1.807) is 23.2 Å². The molecule has 3 aromatic carbocycles. The van der Waals surface area contributed by atoms with Gasteiger partial charge in [-0.25, -0.2) is 9.78 Å². The van der Waals surface area contributed by atoms with Gasteiger partial charge in [0, 0.05) is 18.0 Å². The monoisotopic (exact) mass is 506 g/mol. The fourth-order valence-electron chi connectivity index (χ4n) is 4.80. The standard InChI is InChI=1S/C33H34N2O3/c1-33(2,3)20-30(36)35(31-29-16-15-28(32(37)38-4)19-27(29)17-18-34-31)21-22-5-7-23(8-6-22)24-9-11-25(12-10-24)26-13-14-26/h5-12,15-19,26H,13-14,20-21H2,1-4H3. The summed E-state index contributed by atoms with van der Waals surface area (Å²) in [7, 11) is 1.37. The average molecular weight is 507 g/mol. The normalized spacial score (nSPS) is 13.4. The minimum Gasteiger partial charge on any atom is -0.465 e. The largest absolute Gasteiger partial charge is 0.465 e. The first-order valence-corrected chi connectivity index (χ1v) is 13.2. The molecule has 1 aromatic heterocycles. The third kappa shape index (κ3) is 5.77. The predicted molar refractivity (Wildman–Crippen MR) is 152 cm³/mol. The molecule has 0 bridgehead atoms. The van der Waals surface area contributed by atoms with Crippen molar-refractivity contribution in [2.45, 2.75) is 52.5 Å². The predicted octanol–water partition coefficient (Wildman–Crippen LogP) is 7.54. The lowest BCUT2D eigenvalue weighted by Crippen LogP contribution is -2.34. The van der Waals surface area contributed by atoms with Crippen molar-refractivity contribution < 1.29 is 14.3 Å². The molecule has 0 radical (unpaired) electrons. The maximum Gasteiger partial charge on any atom is 0.337 e. The van der Waals surface area contributed by atoms with E-state index in [1.807, 2.05) is 12.1 Å². The smallest absolute Gasteiger partial charge is 0.337 e. The molecule has 1 aliphatic carbocycles. The van der Waals surface area contributed by atoms with Crippen molar-refractivity contribution in [1.29, 1.82) is 0 Å². The van der Waals surface area contributed by atoms with E-state index in [1.165, 1.54) is 31.1 Å². The van der Waals surface area contributed by atoms with Crippen molar-refractivity contribution in [2.24, 2.45) is 5.41 Å². The molecule has 1 saturated carbocycles. The number of fused-ring (bicyclic) bond motifs is 1.